The molecule has 1 amide bonds. The predicted molar refractivity (Wildman–Crippen MR) is 138 cm³/mol. The Morgan fingerprint density at radius 2 is 1.77 bits per heavy atom. The second-order valence-corrected chi connectivity index (χ2v) is 9.38. The quantitative estimate of drug-likeness (QED) is 0.309. The molecule has 0 bridgehead atoms. The lowest BCUT2D eigenvalue weighted by Crippen LogP contribution is -2.42. The van der Waals surface area contributed by atoms with Gasteiger partial charge in [-0.2, -0.15) is 0 Å². The molecule has 39 heavy (non-hydrogen) atoms. The highest BCUT2D eigenvalue weighted by Gasteiger charge is 2.35. The van der Waals surface area contributed by atoms with Crippen molar-refractivity contribution in [3.8, 4) is 17.2 Å². The third-order valence-corrected chi connectivity index (χ3v) is 6.74. The highest BCUT2D eigenvalue weighted by atomic mass is 19.1. The van der Waals surface area contributed by atoms with Gasteiger partial charge >= 0.3 is 11.9 Å². The maximum absolute atomic E-state index is 13.9. The number of halogens is 1. The number of hydrogen-bond donors (Lipinski definition) is 1. The van der Waals surface area contributed by atoms with Crippen molar-refractivity contribution in [1.29, 1.82) is 0 Å². The van der Waals surface area contributed by atoms with Crippen LogP contribution in [-0.2, 0) is 19.1 Å². The van der Waals surface area contributed by atoms with Crippen LogP contribution in [0.25, 0.3) is 0 Å². The van der Waals surface area contributed by atoms with E-state index in [1.54, 1.807) is 13.0 Å². The van der Waals surface area contributed by atoms with Gasteiger partial charge < -0.3 is 29.0 Å². The number of carbonyl (C=O) groups excluding carboxylic acids is 3. The van der Waals surface area contributed by atoms with E-state index in [9.17, 15) is 18.8 Å². The van der Waals surface area contributed by atoms with Crippen molar-refractivity contribution < 1.29 is 42.5 Å². The Bertz CT molecular complexity index is 1170. The van der Waals surface area contributed by atoms with E-state index in [0.29, 0.717) is 5.75 Å². The molecule has 0 unspecified atom stereocenters. The molecule has 1 N–H and O–H groups in total. The lowest BCUT2D eigenvalue weighted by molar-refractivity contribution is -0.152. The molecule has 0 spiro atoms. The fraction of sp³-hybridized carbons (Fsp3) is 0.500. The number of methoxy groups -OCH3 is 2. The normalized spacial score (nSPS) is 15.5. The molecule has 3 atom stereocenters. The van der Waals surface area contributed by atoms with Crippen molar-refractivity contribution in [3.63, 3.8) is 0 Å². The summed E-state index contributed by atoms with van der Waals surface area (Å²) < 4.78 is 40.6. The maximum atomic E-state index is 13.9. The summed E-state index contributed by atoms with van der Waals surface area (Å²) in [5.41, 5.74) is 0.618. The van der Waals surface area contributed by atoms with Crippen LogP contribution in [0.1, 0.15) is 68.4 Å². The Morgan fingerprint density at radius 1 is 1.08 bits per heavy atom. The number of esters is 2. The summed E-state index contributed by atoms with van der Waals surface area (Å²) in [5.74, 6) is -1.77. The van der Waals surface area contributed by atoms with E-state index in [2.05, 4.69) is 10.3 Å². The molecule has 0 aliphatic heterocycles. The first-order valence-corrected chi connectivity index (χ1v) is 12.8. The highest BCUT2D eigenvalue weighted by molar-refractivity contribution is 5.98. The number of ether oxygens (including phenoxy) is 5. The van der Waals surface area contributed by atoms with E-state index in [1.807, 2.05) is 0 Å². The number of pyridine rings is 1. The van der Waals surface area contributed by atoms with E-state index in [-0.39, 0.29) is 29.0 Å². The van der Waals surface area contributed by atoms with Crippen LogP contribution in [0.4, 0.5) is 4.39 Å². The van der Waals surface area contributed by atoms with Crippen molar-refractivity contribution in [2.45, 2.75) is 64.5 Å². The summed E-state index contributed by atoms with van der Waals surface area (Å²) in [6.07, 6.45) is 4.81. The van der Waals surface area contributed by atoms with Gasteiger partial charge in [0.1, 0.15) is 23.7 Å². The molecule has 1 fully saturated rings. The number of hydrogen-bond acceptors (Lipinski definition) is 9. The number of benzene rings is 1. The van der Waals surface area contributed by atoms with Crippen molar-refractivity contribution in [2.75, 3.05) is 21.0 Å². The molecule has 11 heteroatoms. The first-order chi connectivity index (χ1) is 18.7. The van der Waals surface area contributed by atoms with E-state index < -0.39 is 42.6 Å². The Morgan fingerprint density at radius 3 is 2.41 bits per heavy atom. The maximum Gasteiger partial charge on any atom is 0.328 e. The average molecular weight is 547 g/mol. The fourth-order valence-corrected chi connectivity index (χ4v) is 4.91. The molecule has 1 heterocycles. The molecule has 1 aromatic heterocycles. The van der Waals surface area contributed by atoms with Crippen LogP contribution in [0.15, 0.2) is 30.5 Å². The molecule has 10 nitrogen and oxygen atoms in total. The van der Waals surface area contributed by atoms with E-state index >= 15 is 0 Å². The summed E-state index contributed by atoms with van der Waals surface area (Å²) in [5, 5.41) is 2.58. The van der Waals surface area contributed by atoms with Crippen LogP contribution in [0.2, 0.25) is 0 Å². The molecule has 1 aromatic carbocycles. The Balaban J connectivity index is 1.74. The molecule has 212 valence electrons. The van der Waals surface area contributed by atoms with Gasteiger partial charge in [-0.15, -0.1) is 0 Å². The number of nitrogens with zero attached hydrogens (tertiary/aromatic N) is 1. The smallest absolute Gasteiger partial charge is 0.328 e. The van der Waals surface area contributed by atoms with Gasteiger partial charge in [-0.25, -0.2) is 14.2 Å². The van der Waals surface area contributed by atoms with Crippen LogP contribution in [0, 0.1) is 11.7 Å². The Labute approximate surface area is 227 Å². The molecular weight excluding hydrogens is 511 g/mol. The van der Waals surface area contributed by atoms with Gasteiger partial charge in [0.15, 0.2) is 17.2 Å². The molecular formula is C28H35FN2O8. The minimum absolute atomic E-state index is 0.0441. The first kappa shape index (κ1) is 29.7. The van der Waals surface area contributed by atoms with Gasteiger partial charge in [0.2, 0.25) is 6.79 Å². The third kappa shape index (κ3) is 7.58. The van der Waals surface area contributed by atoms with Crippen molar-refractivity contribution >= 4 is 17.8 Å². The fourth-order valence-electron chi connectivity index (χ4n) is 4.91. The lowest BCUT2D eigenvalue weighted by atomic mass is 9.80. The zero-order valence-corrected chi connectivity index (χ0v) is 22.8. The van der Waals surface area contributed by atoms with E-state index in [4.69, 9.17) is 23.7 Å². The Hall–Kier alpha value is -3.89. The topological polar surface area (TPSA) is 122 Å². The zero-order chi connectivity index (χ0) is 28.5. The van der Waals surface area contributed by atoms with Crippen LogP contribution >= 0.6 is 0 Å². The summed E-state index contributed by atoms with van der Waals surface area (Å²) in [6.45, 7) is 4.05. The van der Waals surface area contributed by atoms with Crippen LogP contribution in [-0.4, -0.2) is 56.0 Å². The molecule has 0 saturated heterocycles. The predicted octanol–water partition coefficient (Wildman–Crippen LogP) is 4.16. The van der Waals surface area contributed by atoms with E-state index in [1.165, 1.54) is 52.5 Å². The van der Waals surface area contributed by atoms with Crippen molar-refractivity contribution in [3.05, 3.63) is 47.5 Å². The van der Waals surface area contributed by atoms with Gasteiger partial charge in [-0.3, -0.25) is 9.59 Å². The number of nitrogens with one attached hydrogen (secondary N) is 1. The standard InChI is InChI=1S/C28H35FN2O8/c1-16(31-27(33)25-26(38-15-37-18(3)32)22(35-4)12-13-30-25)28(34)39-17(2)24(19-8-6-7-9-19)21-11-10-20(29)14-23(21)36-5/h10-14,16-17,19,24H,6-9,15H2,1-5H3,(H,31,33)/t16-,17-,24-/m0/s1. The highest BCUT2D eigenvalue weighted by Crippen LogP contribution is 2.43. The second-order valence-electron chi connectivity index (χ2n) is 9.38. The molecule has 3 rings (SSSR count). The van der Waals surface area contributed by atoms with Gasteiger partial charge in [-0.1, -0.05) is 18.9 Å². The average Bonchev–Trinajstić information content (AvgIpc) is 3.43. The number of carbonyl (C=O) groups is 3. The van der Waals surface area contributed by atoms with Gasteiger partial charge in [0.25, 0.3) is 5.91 Å². The molecule has 1 saturated carbocycles. The first-order valence-electron chi connectivity index (χ1n) is 12.8. The molecule has 0 radical (unpaired) electrons. The lowest BCUT2D eigenvalue weighted by Gasteiger charge is -2.31. The zero-order valence-electron chi connectivity index (χ0n) is 22.8. The number of aromatic nitrogens is 1. The van der Waals surface area contributed by atoms with Crippen molar-refractivity contribution in [1.82, 2.24) is 10.3 Å². The SMILES string of the molecule is COc1cc(F)ccc1[C@H](C1CCCC1)[C@H](C)OC(=O)[C@H](C)NC(=O)c1nccc(OC)c1OCOC(C)=O. The summed E-state index contributed by atoms with van der Waals surface area (Å²) in [4.78, 5) is 41.2. The molecule has 1 aliphatic carbocycles. The van der Waals surface area contributed by atoms with Gasteiger partial charge in [0.05, 0.1) is 14.2 Å². The molecule has 1 aliphatic rings. The number of amides is 1. The number of rotatable bonds is 12. The largest absolute Gasteiger partial charge is 0.496 e. The summed E-state index contributed by atoms with van der Waals surface area (Å²) in [7, 11) is 2.86. The molecule has 2 aromatic rings. The minimum atomic E-state index is -1.03. The van der Waals surface area contributed by atoms with Gasteiger partial charge in [-0.05, 0) is 38.7 Å². The summed E-state index contributed by atoms with van der Waals surface area (Å²) >= 11 is 0. The van der Waals surface area contributed by atoms with Crippen LogP contribution in [0.5, 0.6) is 17.2 Å². The summed E-state index contributed by atoms with van der Waals surface area (Å²) in [6, 6.07) is 4.83. The third-order valence-electron chi connectivity index (χ3n) is 6.74. The van der Waals surface area contributed by atoms with Crippen LogP contribution < -0.4 is 19.5 Å². The van der Waals surface area contributed by atoms with Gasteiger partial charge in [0, 0.05) is 36.7 Å². The Kier molecular flexibility index (Phi) is 10.5. The monoisotopic (exact) mass is 546 g/mol. The van der Waals surface area contributed by atoms with Crippen molar-refractivity contribution in [2.24, 2.45) is 5.92 Å². The van der Waals surface area contributed by atoms with E-state index in [0.717, 1.165) is 31.2 Å². The van der Waals surface area contributed by atoms with Crippen LogP contribution in [0.3, 0.4) is 0 Å². The second kappa shape index (κ2) is 13.8. The minimum Gasteiger partial charge on any atom is -0.496 e.